The quantitative estimate of drug-likeness (QED) is 0.210. The molecule has 1 saturated carbocycles. The Hall–Kier alpha value is -3.04. The number of hydrogen-bond acceptors (Lipinski definition) is 8. The first-order valence-electron chi connectivity index (χ1n) is 14.0. The van der Waals surface area contributed by atoms with Gasteiger partial charge in [0.25, 0.3) is 0 Å². The van der Waals surface area contributed by atoms with Crippen LogP contribution in [0.2, 0.25) is 0 Å². The number of Topliss-reactive ketones (excluding diaryl/α,β-unsaturated/α-hetero) is 1. The highest BCUT2D eigenvalue weighted by Gasteiger charge is 2.29. The molecule has 4 rings (SSSR count). The summed E-state index contributed by atoms with van der Waals surface area (Å²) in [6.45, 7) is 11.7. The van der Waals surface area contributed by atoms with Gasteiger partial charge in [-0.2, -0.15) is 0 Å². The highest BCUT2D eigenvalue weighted by Crippen LogP contribution is 2.33. The molecular weight excluding hydrogens is 510 g/mol. The average Bonchev–Trinajstić information content (AvgIpc) is 3.36. The number of pyridine rings is 1. The highest BCUT2D eigenvalue weighted by atomic mass is 32.1. The minimum atomic E-state index is -0.921. The number of fused-ring (bicyclic) bond motifs is 1. The zero-order valence-corrected chi connectivity index (χ0v) is 24.8. The van der Waals surface area contributed by atoms with Crippen LogP contribution in [0.3, 0.4) is 0 Å². The molecule has 8 nitrogen and oxygen atoms in total. The molecule has 212 valence electrons. The zero-order valence-electron chi connectivity index (χ0n) is 24.0. The van der Waals surface area contributed by atoms with Crippen LogP contribution in [0.15, 0.2) is 36.0 Å². The first-order chi connectivity index (χ1) is 18.6. The van der Waals surface area contributed by atoms with E-state index >= 15 is 0 Å². The minimum Gasteiger partial charge on any atom is -0.389 e. The molecule has 2 aromatic heterocycles. The topological polar surface area (TPSA) is 116 Å². The van der Waals surface area contributed by atoms with Crippen LogP contribution < -0.4 is 16.0 Å². The fourth-order valence-corrected chi connectivity index (χ4v) is 5.42. The van der Waals surface area contributed by atoms with Crippen LogP contribution in [-0.2, 0) is 4.79 Å². The number of thiazole rings is 1. The predicted octanol–water partition coefficient (Wildman–Crippen LogP) is 6.55. The SMILES string of the molecule is CC.CC(C)Nc1cc(Nc2ccc3ncsc3c2)ncc1C(=O)CC1CCC(C(=O)NCC(C)(C)O)CC1. The molecule has 2 heterocycles. The molecule has 0 saturated heterocycles. The molecule has 1 fully saturated rings. The average molecular weight is 554 g/mol. The Bertz CT molecular complexity index is 1240. The van der Waals surface area contributed by atoms with Crippen molar-refractivity contribution in [3.63, 3.8) is 0 Å². The molecular formula is C30H43N5O3S. The summed E-state index contributed by atoms with van der Waals surface area (Å²) in [6.07, 6.45) is 5.31. The number of nitrogens with zero attached hydrogens (tertiary/aromatic N) is 2. The number of carbonyl (C=O) groups excluding carboxylic acids is 2. The van der Waals surface area contributed by atoms with E-state index in [-0.39, 0.29) is 36.1 Å². The third-order valence-electron chi connectivity index (χ3n) is 6.64. The lowest BCUT2D eigenvalue weighted by molar-refractivity contribution is -0.127. The summed E-state index contributed by atoms with van der Waals surface area (Å²) < 4.78 is 1.10. The number of anilines is 3. The Morgan fingerprint density at radius 3 is 2.49 bits per heavy atom. The molecule has 4 N–H and O–H groups in total. The molecule has 3 aromatic rings. The second kappa shape index (κ2) is 13.8. The van der Waals surface area contributed by atoms with Crippen molar-refractivity contribution < 1.29 is 14.7 Å². The maximum Gasteiger partial charge on any atom is 0.223 e. The Kier molecular flexibility index (Phi) is 10.8. The van der Waals surface area contributed by atoms with Crippen LogP contribution in [0, 0.1) is 11.8 Å². The summed E-state index contributed by atoms with van der Waals surface area (Å²) in [6, 6.07) is 8.05. The van der Waals surface area contributed by atoms with Gasteiger partial charge >= 0.3 is 0 Å². The number of rotatable bonds is 10. The number of amides is 1. The van der Waals surface area contributed by atoms with Crippen molar-refractivity contribution in [3.05, 3.63) is 41.5 Å². The fourth-order valence-electron chi connectivity index (χ4n) is 4.71. The summed E-state index contributed by atoms with van der Waals surface area (Å²) in [5.74, 6) is 0.936. The van der Waals surface area contributed by atoms with E-state index in [1.165, 1.54) is 0 Å². The number of nitrogens with one attached hydrogen (secondary N) is 3. The van der Waals surface area contributed by atoms with E-state index in [1.807, 2.05) is 57.5 Å². The second-order valence-corrected chi connectivity index (χ2v) is 11.8. The van der Waals surface area contributed by atoms with Crippen LogP contribution in [0.4, 0.5) is 17.2 Å². The maximum atomic E-state index is 13.3. The van der Waals surface area contributed by atoms with Gasteiger partial charge in [0.2, 0.25) is 5.91 Å². The summed E-state index contributed by atoms with van der Waals surface area (Å²) in [7, 11) is 0. The van der Waals surface area contributed by atoms with Crippen molar-refractivity contribution in [2.24, 2.45) is 11.8 Å². The van der Waals surface area contributed by atoms with E-state index < -0.39 is 5.60 Å². The normalized spacial score (nSPS) is 17.3. The van der Waals surface area contributed by atoms with Gasteiger partial charge in [-0.1, -0.05) is 13.8 Å². The number of benzene rings is 1. The van der Waals surface area contributed by atoms with Gasteiger partial charge in [0.1, 0.15) is 5.82 Å². The van der Waals surface area contributed by atoms with Gasteiger partial charge in [-0.25, -0.2) is 9.97 Å². The van der Waals surface area contributed by atoms with Crippen LogP contribution in [0.1, 0.15) is 84.0 Å². The minimum absolute atomic E-state index is 0.00268. The van der Waals surface area contributed by atoms with Crippen LogP contribution >= 0.6 is 11.3 Å². The Labute approximate surface area is 236 Å². The van der Waals surface area contributed by atoms with Crippen molar-refractivity contribution in [1.82, 2.24) is 15.3 Å². The van der Waals surface area contributed by atoms with Crippen molar-refractivity contribution >= 4 is 50.4 Å². The van der Waals surface area contributed by atoms with Gasteiger partial charge < -0.3 is 21.1 Å². The third-order valence-corrected chi connectivity index (χ3v) is 7.43. The molecule has 0 spiro atoms. The van der Waals surface area contributed by atoms with Gasteiger partial charge in [-0.05, 0) is 77.5 Å². The first kappa shape index (κ1) is 30.5. The van der Waals surface area contributed by atoms with Gasteiger partial charge in [-0.3, -0.25) is 9.59 Å². The van der Waals surface area contributed by atoms with Gasteiger partial charge in [-0.15, -0.1) is 11.3 Å². The second-order valence-electron chi connectivity index (χ2n) is 10.9. The molecule has 0 bridgehead atoms. The zero-order chi connectivity index (χ0) is 28.6. The first-order valence-corrected chi connectivity index (χ1v) is 14.9. The van der Waals surface area contributed by atoms with E-state index in [9.17, 15) is 14.7 Å². The smallest absolute Gasteiger partial charge is 0.223 e. The van der Waals surface area contributed by atoms with E-state index in [2.05, 4.69) is 25.9 Å². The summed E-state index contributed by atoms with van der Waals surface area (Å²) in [4.78, 5) is 34.6. The largest absolute Gasteiger partial charge is 0.389 e. The summed E-state index contributed by atoms with van der Waals surface area (Å²) >= 11 is 1.59. The molecule has 1 aliphatic carbocycles. The summed E-state index contributed by atoms with van der Waals surface area (Å²) in [5.41, 5.74) is 4.17. The molecule has 0 radical (unpaired) electrons. The fraction of sp³-hybridized carbons (Fsp3) is 0.533. The van der Waals surface area contributed by atoms with Crippen molar-refractivity contribution in [2.75, 3.05) is 17.2 Å². The molecule has 0 unspecified atom stereocenters. The number of hydrogen-bond donors (Lipinski definition) is 4. The lowest BCUT2D eigenvalue weighted by Crippen LogP contribution is -2.41. The Balaban J connectivity index is 0.00000205. The molecule has 1 aromatic carbocycles. The van der Waals surface area contributed by atoms with E-state index in [1.54, 1.807) is 31.4 Å². The highest BCUT2D eigenvalue weighted by molar-refractivity contribution is 7.16. The van der Waals surface area contributed by atoms with E-state index in [0.717, 1.165) is 47.3 Å². The number of carbonyl (C=O) groups is 2. The predicted molar refractivity (Wildman–Crippen MR) is 161 cm³/mol. The lowest BCUT2D eigenvalue weighted by atomic mass is 9.79. The number of aliphatic hydroxyl groups is 1. The van der Waals surface area contributed by atoms with Crippen LogP contribution in [-0.4, -0.2) is 45.0 Å². The van der Waals surface area contributed by atoms with E-state index in [4.69, 9.17) is 0 Å². The molecule has 39 heavy (non-hydrogen) atoms. The monoisotopic (exact) mass is 553 g/mol. The number of ketones is 1. The van der Waals surface area contributed by atoms with Crippen LogP contribution in [0.25, 0.3) is 10.2 Å². The van der Waals surface area contributed by atoms with Gasteiger partial charge in [0, 0.05) is 42.9 Å². The maximum absolute atomic E-state index is 13.3. The lowest BCUT2D eigenvalue weighted by Gasteiger charge is -2.28. The Morgan fingerprint density at radius 1 is 1.10 bits per heavy atom. The van der Waals surface area contributed by atoms with Gasteiger partial charge in [0.15, 0.2) is 5.78 Å². The molecule has 1 amide bonds. The van der Waals surface area contributed by atoms with Crippen molar-refractivity contribution in [3.8, 4) is 0 Å². The van der Waals surface area contributed by atoms with Gasteiger partial charge in [0.05, 0.1) is 32.6 Å². The third kappa shape index (κ3) is 9.00. The summed E-state index contributed by atoms with van der Waals surface area (Å²) in [5, 5.41) is 19.4. The van der Waals surface area contributed by atoms with Crippen molar-refractivity contribution in [2.45, 2.75) is 85.3 Å². The van der Waals surface area contributed by atoms with E-state index in [0.29, 0.717) is 17.8 Å². The molecule has 0 aliphatic heterocycles. The Morgan fingerprint density at radius 2 is 1.82 bits per heavy atom. The molecule has 9 heteroatoms. The van der Waals surface area contributed by atoms with Crippen LogP contribution in [0.5, 0.6) is 0 Å². The standard InChI is InChI=1S/C28H37N5O3S.C2H6/c1-17(2)32-23-13-26(33-20-9-10-22-25(12-20)37-16-31-22)29-14-21(23)24(34)11-18-5-7-19(8-6-18)27(35)30-15-28(3,4)36;1-2/h9-10,12-14,16-19,36H,5-8,11,15H2,1-4H3,(H,30,35)(H2,29,32,33);1-2H3. The van der Waals surface area contributed by atoms with Crippen molar-refractivity contribution in [1.29, 1.82) is 0 Å². The molecule has 0 atom stereocenters. The number of aromatic nitrogens is 2. The molecule has 1 aliphatic rings.